The second-order valence-electron chi connectivity index (χ2n) is 6.52. The second kappa shape index (κ2) is 5.65. The highest BCUT2D eigenvalue weighted by molar-refractivity contribution is 5.70. The van der Waals surface area contributed by atoms with Crippen LogP contribution in [0.4, 0.5) is 0 Å². The molecule has 0 aliphatic rings. The van der Waals surface area contributed by atoms with Crippen molar-refractivity contribution in [1.82, 2.24) is 0 Å². The first-order valence-corrected chi connectivity index (χ1v) is 6.28. The van der Waals surface area contributed by atoms with Gasteiger partial charge in [0, 0.05) is 6.21 Å². The Labute approximate surface area is 102 Å². The molecule has 0 aliphatic heterocycles. The Morgan fingerprint density at radius 2 is 1.62 bits per heavy atom. The lowest BCUT2D eigenvalue weighted by Crippen LogP contribution is -2.33. The molecule has 0 saturated carbocycles. The van der Waals surface area contributed by atoms with E-state index in [0.29, 0.717) is 17.3 Å². The molecule has 0 heterocycles. The molecule has 0 fully saturated rings. The van der Waals surface area contributed by atoms with Crippen LogP contribution in [-0.4, -0.2) is 11.8 Å². The van der Waals surface area contributed by atoms with Crippen LogP contribution in [0.2, 0.25) is 0 Å². The smallest absolute Gasteiger partial charge is 0.0557 e. The Morgan fingerprint density at radius 3 is 2.00 bits per heavy atom. The summed E-state index contributed by atoms with van der Waals surface area (Å²) in [6, 6.07) is 0. The lowest BCUT2D eigenvalue weighted by Gasteiger charge is -2.39. The molecule has 0 bridgehead atoms. The summed E-state index contributed by atoms with van der Waals surface area (Å²) in [7, 11) is 0. The summed E-state index contributed by atoms with van der Waals surface area (Å²) < 4.78 is 0. The first-order chi connectivity index (χ1) is 7.12. The second-order valence-corrected chi connectivity index (χ2v) is 6.52. The zero-order valence-corrected chi connectivity index (χ0v) is 12.2. The summed E-state index contributed by atoms with van der Waals surface area (Å²) in [6.45, 7) is 19.7. The van der Waals surface area contributed by atoms with E-state index in [9.17, 15) is 0 Å². The van der Waals surface area contributed by atoms with E-state index in [-0.39, 0.29) is 5.54 Å². The highest BCUT2D eigenvalue weighted by atomic mass is 14.8. The van der Waals surface area contributed by atoms with Crippen molar-refractivity contribution >= 4 is 6.21 Å². The van der Waals surface area contributed by atoms with Gasteiger partial charge in [0.15, 0.2) is 0 Å². The van der Waals surface area contributed by atoms with Crippen LogP contribution in [0.1, 0.15) is 54.9 Å². The van der Waals surface area contributed by atoms with E-state index in [1.807, 2.05) is 6.21 Å². The van der Waals surface area contributed by atoms with Gasteiger partial charge in [-0.2, -0.15) is 0 Å². The van der Waals surface area contributed by atoms with Gasteiger partial charge in [0.25, 0.3) is 0 Å². The Balaban J connectivity index is 4.68. The quantitative estimate of drug-likeness (QED) is 0.577. The van der Waals surface area contributed by atoms with E-state index in [2.05, 4.69) is 60.0 Å². The standard InChI is InChI=1S/C15H29N/c1-9-10-16-15(7,8)11-14(5,6)13(4)12(2)3/h9-10,12-13H,1,11H2,2-8H3/b16-10-. The molecule has 94 valence electrons. The molecular formula is C15H29N. The summed E-state index contributed by atoms with van der Waals surface area (Å²) >= 11 is 0. The molecule has 1 nitrogen and oxygen atoms in total. The van der Waals surface area contributed by atoms with Crippen molar-refractivity contribution in [1.29, 1.82) is 0 Å². The molecule has 0 aromatic rings. The van der Waals surface area contributed by atoms with Gasteiger partial charge in [-0.3, -0.25) is 4.99 Å². The van der Waals surface area contributed by atoms with Crippen LogP contribution in [0.5, 0.6) is 0 Å². The third kappa shape index (κ3) is 4.96. The number of nitrogens with zero attached hydrogens (tertiary/aromatic N) is 1. The molecule has 0 aromatic carbocycles. The molecule has 0 N–H and O–H groups in total. The molecule has 1 unspecified atom stereocenters. The maximum absolute atomic E-state index is 4.56. The Bertz CT molecular complexity index is 246. The Morgan fingerprint density at radius 1 is 1.12 bits per heavy atom. The van der Waals surface area contributed by atoms with Crippen molar-refractivity contribution in [3.8, 4) is 0 Å². The predicted octanol–water partition coefficient (Wildman–Crippen LogP) is 4.73. The lowest BCUT2D eigenvalue weighted by molar-refractivity contribution is 0.132. The number of aliphatic imine (C=N–C) groups is 1. The Hall–Kier alpha value is -0.590. The van der Waals surface area contributed by atoms with Gasteiger partial charge in [0.2, 0.25) is 0 Å². The van der Waals surface area contributed by atoms with Crippen molar-refractivity contribution in [2.24, 2.45) is 22.2 Å². The summed E-state index contributed by atoms with van der Waals surface area (Å²) in [5, 5.41) is 0. The van der Waals surface area contributed by atoms with Crippen molar-refractivity contribution in [2.45, 2.75) is 60.4 Å². The molecule has 0 rings (SSSR count). The first-order valence-electron chi connectivity index (χ1n) is 6.28. The minimum atomic E-state index is 0.000833. The molecule has 0 aliphatic carbocycles. The van der Waals surface area contributed by atoms with E-state index in [1.165, 1.54) is 0 Å². The number of allylic oxidation sites excluding steroid dienone is 1. The average Bonchev–Trinajstić information content (AvgIpc) is 2.11. The van der Waals surface area contributed by atoms with E-state index >= 15 is 0 Å². The maximum atomic E-state index is 4.56. The van der Waals surface area contributed by atoms with Crippen molar-refractivity contribution in [3.05, 3.63) is 12.7 Å². The van der Waals surface area contributed by atoms with Gasteiger partial charge >= 0.3 is 0 Å². The van der Waals surface area contributed by atoms with Gasteiger partial charge in [-0.25, -0.2) is 0 Å². The van der Waals surface area contributed by atoms with Crippen molar-refractivity contribution in [2.75, 3.05) is 0 Å². The van der Waals surface area contributed by atoms with Crippen LogP contribution in [-0.2, 0) is 0 Å². The lowest BCUT2D eigenvalue weighted by atomic mass is 9.68. The molecule has 0 amide bonds. The predicted molar refractivity (Wildman–Crippen MR) is 75.2 cm³/mol. The van der Waals surface area contributed by atoms with Crippen molar-refractivity contribution < 1.29 is 0 Å². The van der Waals surface area contributed by atoms with Crippen molar-refractivity contribution in [3.63, 3.8) is 0 Å². The fourth-order valence-corrected chi connectivity index (χ4v) is 2.48. The molecule has 0 aromatic heterocycles. The van der Waals surface area contributed by atoms with Gasteiger partial charge in [0.1, 0.15) is 0 Å². The topological polar surface area (TPSA) is 12.4 Å². The normalized spacial score (nSPS) is 15.8. The van der Waals surface area contributed by atoms with Gasteiger partial charge in [0.05, 0.1) is 5.54 Å². The summed E-state index contributed by atoms with van der Waals surface area (Å²) in [5.41, 5.74) is 0.316. The number of hydrogen-bond acceptors (Lipinski definition) is 1. The minimum absolute atomic E-state index is 0.000833. The zero-order valence-electron chi connectivity index (χ0n) is 12.2. The van der Waals surface area contributed by atoms with Gasteiger partial charge in [-0.05, 0) is 37.5 Å². The molecule has 0 radical (unpaired) electrons. The van der Waals surface area contributed by atoms with E-state index in [0.717, 1.165) is 6.42 Å². The summed E-state index contributed by atoms with van der Waals surface area (Å²) in [5.74, 6) is 1.42. The fraction of sp³-hybridized carbons (Fsp3) is 0.800. The third-order valence-corrected chi connectivity index (χ3v) is 3.65. The fourth-order valence-electron chi connectivity index (χ4n) is 2.48. The van der Waals surface area contributed by atoms with E-state index < -0.39 is 0 Å². The third-order valence-electron chi connectivity index (χ3n) is 3.65. The minimum Gasteiger partial charge on any atom is -0.287 e. The molecule has 1 heteroatoms. The highest BCUT2D eigenvalue weighted by Gasteiger charge is 2.33. The van der Waals surface area contributed by atoms with Gasteiger partial charge in [-0.15, -0.1) is 0 Å². The average molecular weight is 223 g/mol. The molecule has 16 heavy (non-hydrogen) atoms. The molecule has 1 atom stereocenters. The highest BCUT2D eigenvalue weighted by Crippen LogP contribution is 2.40. The van der Waals surface area contributed by atoms with Crippen LogP contribution in [0.25, 0.3) is 0 Å². The monoisotopic (exact) mass is 223 g/mol. The van der Waals surface area contributed by atoms with E-state index in [4.69, 9.17) is 0 Å². The zero-order chi connectivity index (χ0) is 13.0. The van der Waals surface area contributed by atoms with Crippen LogP contribution in [0, 0.1) is 17.3 Å². The number of hydrogen-bond donors (Lipinski definition) is 0. The van der Waals surface area contributed by atoms with Gasteiger partial charge < -0.3 is 0 Å². The van der Waals surface area contributed by atoms with Crippen LogP contribution in [0.3, 0.4) is 0 Å². The first kappa shape index (κ1) is 15.4. The molecular weight excluding hydrogens is 194 g/mol. The number of rotatable bonds is 6. The van der Waals surface area contributed by atoms with E-state index in [1.54, 1.807) is 6.08 Å². The molecule has 0 spiro atoms. The SMILES string of the molecule is C=C/C=N\C(C)(C)CC(C)(C)C(C)C(C)C. The summed E-state index contributed by atoms with van der Waals surface area (Å²) in [6.07, 6.45) is 4.67. The van der Waals surface area contributed by atoms with Crippen LogP contribution in [0.15, 0.2) is 17.6 Å². The van der Waals surface area contributed by atoms with Crippen LogP contribution < -0.4 is 0 Å². The Kier molecular flexibility index (Phi) is 5.44. The molecule has 0 saturated heterocycles. The largest absolute Gasteiger partial charge is 0.287 e. The van der Waals surface area contributed by atoms with Crippen LogP contribution >= 0.6 is 0 Å². The van der Waals surface area contributed by atoms with Gasteiger partial charge in [-0.1, -0.05) is 47.3 Å². The maximum Gasteiger partial charge on any atom is 0.0557 e. The summed E-state index contributed by atoms with van der Waals surface area (Å²) in [4.78, 5) is 4.56.